The zero-order valence-electron chi connectivity index (χ0n) is 10.3. The molecule has 4 nitrogen and oxygen atoms in total. The van der Waals surface area contributed by atoms with Crippen LogP contribution in [-0.2, 0) is 0 Å². The van der Waals surface area contributed by atoms with Crippen molar-refractivity contribution >= 4 is 28.9 Å². The van der Waals surface area contributed by atoms with E-state index in [-0.39, 0.29) is 5.91 Å². The highest BCUT2D eigenvalue weighted by molar-refractivity contribution is 6.32. The summed E-state index contributed by atoms with van der Waals surface area (Å²) in [7, 11) is 1.52. The van der Waals surface area contributed by atoms with Crippen molar-refractivity contribution in [2.45, 2.75) is 0 Å². The quantitative estimate of drug-likeness (QED) is 0.846. The van der Waals surface area contributed by atoms with Crippen LogP contribution in [0.2, 0.25) is 5.02 Å². The summed E-state index contributed by atoms with van der Waals surface area (Å²) in [6.45, 7) is 0. The van der Waals surface area contributed by atoms with E-state index in [1.54, 1.807) is 42.5 Å². The lowest BCUT2D eigenvalue weighted by Crippen LogP contribution is -2.13. The van der Waals surface area contributed by atoms with E-state index in [1.807, 2.05) is 0 Å². The first kappa shape index (κ1) is 13.2. The maximum atomic E-state index is 12.1. The number of methoxy groups -OCH3 is 1. The molecule has 2 aromatic carbocycles. The number of ether oxygens (including phenoxy) is 1. The van der Waals surface area contributed by atoms with Crippen molar-refractivity contribution < 1.29 is 9.53 Å². The van der Waals surface area contributed by atoms with Gasteiger partial charge in [-0.15, -0.1) is 0 Å². The van der Waals surface area contributed by atoms with E-state index in [2.05, 4.69) is 5.32 Å². The van der Waals surface area contributed by atoms with Gasteiger partial charge in [-0.25, -0.2) is 0 Å². The number of hydrogen-bond donors (Lipinski definition) is 2. The first-order valence-corrected chi connectivity index (χ1v) is 5.99. The molecule has 2 aromatic rings. The highest BCUT2D eigenvalue weighted by Crippen LogP contribution is 2.27. The number of carbonyl (C=O) groups excluding carboxylic acids is 1. The van der Waals surface area contributed by atoms with E-state index in [4.69, 9.17) is 22.1 Å². The second kappa shape index (κ2) is 5.63. The van der Waals surface area contributed by atoms with Crippen LogP contribution in [0.15, 0.2) is 42.5 Å². The lowest BCUT2D eigenvalue weighted by atomic mass is 10.1. The molecule has 2 rings (SSSR count). The Bertz CT molecular complexity index is 614. The number of hydrogen-bond acceptors (Lipinski definition) is 3. The fourth-order valence-corrected chi connectivity index (χ4v) is 1.83. The number of nitrogens with two attached hydrogens (primary N) is 1. The number of anilines is 2. The Morgan fingerprint density at radius 1 is 1.26 bits per heavy atom. The smallest absolute Gasteiger partial charge is 0.257 e. The van der Waals surface area contributed by atoms with Crippen molar-refractivity contribution in [3.63, 3.8) is 0 Å². The molecule has 0 spiro atoms. The van der Waals surface area contributed by atoms with Crippen LogP contribution in [0.3, 0.4) is 0 Å². The molecule has 3 N–H and O–H groups in total. The van der Waals surface area contributed by atoms with Crippen LogP contribution in [-0.4, -0.2) is 13.0 Å². The highest BCUT2D eigenvalue weighted by Gasteiger charge is 2.10. The average molecular weight is 277 g/mol. The summed E-state index contributed by atoms with van der Waals surface area (Å²) in [6, 6.07) is 11.9. The number of nitrogens with one attached hydrogen (secondary N) is 1. The molecular formula is C14H13ClN2O2. The van der Waals surface area contributed by atoms with Crippen molar-refractivity contribution in [1.82, 2.24) is 0 Å². The molecule has 0 bridgehead atoms. The molecule has 0 heterocycles. The largest absolute Gasteiger partial charge is 0.495 e. The van der Waals surface area contributed by atoms with Crippen LogP contribution in [0.25, 0.3) is 0 Å². The summed E-state index contributed by atoms with van der Waals surface area (Å²) >= 11 is 5.92. The maximum absolute atomic E-state index is 12.1. The third-order valence-electron chi connectivity index (χ3n) is 2.61. The lowest BCUT2D eigenvalue weighted by molar-refractivity contribution is 0.102. The standard InChI is InChI=1S/C14H13ClN2O2/c1-19-13-8-9(6-7-11(13)15)17-14(18)10-4-2-3-5-12(10)16/h2-8H,16H2,1H3,(H,17,18). The van der Waals surface area contributed by atoms with Crippen LogP contribution in [0.5, 0.6) is 5.75 Å². The van der Waals surface area contributed by atoms with Gasteiger partial charge in [0, 0.05) is 17.4 Å². The molecule has 5 heteroatoms. The monoisotopic (exact) mass is 276 g/mol. The van der Waals surface area contributed by atoms with Crippen molar-refractivity contribution in [3.8, 4) is 5.75 Å². The molecule has 19 heavy (non-hydrogen) atoms. The van der Waals surface area contributed by atoms with Crippen LogP contribution >= 0.6 is 11.6 Å². The fourth-order valence-electron chi connectivity index (χ4n) is 1.64. The number of carbonyl (C=O) groups is 1. The predicted molar refractivity (Wildman–Crippen MR) is 76.8 cm³/mol. The minimum absolute atomic E-state index is 0.275. The number of para-hydroxylation sites is 1. The van der Waals surface area contributed by atoms with E-state index in [0.29, 0.717) is 27.7 Å². The van der Waals surface area contributed by atoms with E-state index >= 15 is 0 Å². The SMILES string of the molecule is COc1cc(NC(=O)c2ccccc2N)ccc1Cl. The third kappa shape index (κ3) is 2.98. The Labute approximate surface area is 116 Å². The number of rotatable bonds is 3. The lowest BCUT2D eigenvalue weighted by Gasteiger charge is -2.09. The van der Waals surface area contributed by atoms with Gasteiger partial charge in [-0.2, -0.15) is 0 Å². The van der Waals surface area contributed by atoms with E-state index < -0.39 is 0 Å². The minimum Gasteiger partial charge on any atom is -0.495 e. The van der Waals surface area contributed by atoms with Crippen molar-refractivity contribution in [1.29, 1.82) is 0 Å². The van der Waals surface area contributed by atoms with E-state index in [0.717, 1.165) is 0 Å². The molecule has 0 aliphatic heterocycles. The minimum atomic E-state index is -0.275. The predicted octanol–water partition coefficient (Wildman–Crippen LogP) is 3.18. The molecule has 1 amide bonds. The van der Waals surface area contributed by atoms with Gasteiger partial charge < -0.3 is 15.8 Å². The van der Waals surface area contributed by atoms with Crippen LogP contribution in [0, 0.1) is 0 Å². The second-order valence-corrected chi connectivity index (χ2v) is 4.30. The van der Waals surface area contributed by atoms with Gasteiger partial charge in [-0.05, 0) is 24.3 Å². The zero-order chi connectivity index (χ0) is 13.8. The number of benzene rings is 2. The highest BCUT2D eigenvalue weighted by atomic mass is 35.5. The van der Waals surface area contributed by atoms with Gasteiger partial charge in [0.25, 0.3) is 5.91 Å². The van der Waals surface area contributed by atoms with Crippen molar-refractivity contribution in [3.05, 3.63) is 53.1 Å². The molecular weight excluding hydrogens is 264 g/mol. The topological polar surface area (TPSA) is 64.3 Å². The summed E-state index contributed by atoms with van der Waals surface area (Å²) < 4.78 is 5.09. The number of nitrogen functional groups attached to an aromatic ring is 1. The molecule has 0 aliphatic carbocycles. The normalized spacial score (nSPS) is 10.0. The van der Waals surface area contributed by atoms with Gasteiger partial charge in [0.15, 0.2) is 0 Å². The Morgan fingerprint density at radius 3 is 2.68 bits per heavy atom. The molecule has 0 aliphatic rings. The van der Waals surface area contributed by atoms with Crippen molar-refractivity contribution in [2.75, 3.05) is 18.2 Å². The van der Waals surface area contributed by atoms with Gasteiger partial charge in [-0.1, -0.05) is 23.7 Å². The van der Waals surface area contributed by atoms with E-state index in [9.17, 15) is 4.79 Å². The van der Waals surface area contributed by atoms with Gasteiger partial charge >= 0.3 is 0 Å². The maximum Gasteiger partial charge on any atom is 0.257 e. The average Bonchev–Trinajstić information content (AvgIpc) is 2.41. The van der Waals surface area contributed by atoms with Crippen LogP contribution in [0.4, 0.5) is 11.4 Å². The Morgan fingerprint density at radius 2 is 2.00 bits per heavy atom. The molecule has 0 unspecified atom stereocenters. The number of halogens is 1. The number of amides is 1. The van der Waals surface area contributed by atoms with Crippen molar-refractivity contribution in [2.24, 2.45) is 0 Å². The van der Waals surface area contributed by atoms with E-state index in [1.165, 1.54) is 7.11 Å². The Hall–Kier alpha value is -2.20. The summed E-state index contributed by atoms with van der Waals surface area (Å²) in [4.78, 5) is 12.1. The molecule has 0 saturated heterocycles. The molecule has 0 atom stereocenters. The third-order valence-corrected chi connectivity index (χ3v) is 2.93. The van der Waals surface area contributed by atoms with Crippen LogP contribution < -0.4 is 15.8 Å². The summed E-state index contributed by atoms with van der Waals surface area (Å²) in [5, 5.41) is 3.23. The van der Waals surface area contributed by atoms with Gasteiger partial charge in [0.05, 0.1) is 17.7 Å². The molecule has 0 fully saturated rings. The molecule has 98 valence electrons. The van der Waals surface area contributed by atoms with Gasteiger partial charge in [0.2, 0.25) is 0 Å². The summed E-state index contributed by atoms with van der Waals surface area (Å²) in [5.74, 6) is 0.225. The molecule has 0 radical (unpaired) electrons. The zero-order valence-corrected chi connectivity index (χ0v) is 11.1. The van der Waals surface area contributed by atoms with Gasteiger partial charge in [0.1, 0.15) is 5.75 Å². The molecule has 0 aromatic heterocycles. The first-order chi connectivity index (χ1) is 9.11. The van der Waals surface area contributed by atoms with Crippen LogP contribution in [0.1, 0.15) is 10.4 Å². The summed E-state index contributed by atoms with van der Waals surface area (Å²) in [5.41, 5.74) is 7.20. The Kier molecular flexibility index (Phi) is 3.92. The second-order valence-electron chi connectivity index (χ2n) is 3.89. The van der Waals surface area contributed by atoms with Gasteiger partial charge in [-0.3, -0.25) is 4.79 Å². The Balaban J connectivity index is 2.22. The first-order valence-electron chi connectivity index (χ1n) is 5.61. The molecule has 0 saturated carbocycles. The fraction of sp³-hybridized carbons (Fsp3) is 0.0714. The summed E-state index contributed by atoms with van der Waals surface area (Å²) in [6.07, 6.45) is 0.